The van der Waals surface area contributed by atoms with Crippen LogP contribution in [0.1, 0.15) is 21.7 Å². The number of nitrogens with zero attached hydrogens (tertiary/aromatic N) is 3. The highest BCUT2D eigenvalue weighted by atomic mass is 16.3. The normalized spacial score (nSPS) is 11.4. The first-order valence-corrected chi connectivity index (χ1v) is 11.8. The molecule has 0 aliphatic carbocycles. The van der Waals surface area contributed by atoms with Crippen LogP contribution in [0.3, 0.4) is 0 Å². The Morgan fingerprint density at radius 2 is 1.78 bits per heavy atom. The van der Waals surface area contributed by atoms with Gasteiger partial charge in [-0.1, -0.05) is 18.2 Å². The van der Waals surface area contributed by atoms with Crippen molar-refractivity contribution in [2.75, 3.05) is 44.7 Å². The molecule has 2 heterocycles. The summed E-state index contributed by atoms with van der Waals surface area (Å²) >= 11 is 0. The number of pyridine rings is 1. The van der Waals surface area contributed by atoms with Gasteiger partial charge >= 0.3 is 0 Å². The molecule has 2 aromatic heterocycles. The molecule has 36 heavy (non-hydrogen) atoms. The molecule has 0 fully saturated rings. The Bertz CT molecular complexity index is 1300. The number of rotatable bonds is 12. The standard InChI is InChI=1S/C27H30N6O3/c34-17-15-33(16-18-35)14-13-29-27(36)23-6-1-2-7-24(23)30-21-8-10-22-25(31-32-26(22)19-21)11-9-20-5-3-4-12-28-20/h1-12,19,30,34-35H,13-18H2,(H,29,36)(H,31,32)/b11-9+. The number of H-pyrrole nitrogens is 1. The predicted octanol–water partition coefficient (Wildman–Crippen LogP) is 2.89. The third-order valence-electron chi connectivity index (χ3n) is 5.69. The largest absolute Gasteiger partial charge is 0.395 e. The Morgan fingerprint density at radius 1 is 0.972 bits per heavy atom. The number of fused-ring (bicyclic) bond motifs is 1. The van der Waals surface area contributed by atoms with Crippen molar-refractivity contribution in [1.82, 2.24) is 25.4 Å². The molecule has 9 heteroatoms. The van der Waals surface area contributed by atoms with E-state index in [1.54, 1.807) is 12.3 Å². The van der Waals surface area contributed by atoms with Crippen molar-refractivity contribution < 1.29 is 15.0 Å². The second-order valence-electron chi connectivity index (χ2n) is 8.17. The molecule has 2 aromatic carbocycles. The number of anilines is 2. The predicted molar refractivity (Wildman–Crippen MR) is 142 cm³/mol. The first-order valence-electron chi connectivity index (χ1n) is 11.8. The van der Waals surface area contributed by atoms with Crippen LogP contribution in [-0.2, 0) is 0 Å². The van der Waals surface area contributed by atoms with Crippen LogP contribution in [0, 0.1) is 0 Å². The van der Waals surface area contributed by atoms with Crippen LogP contribution < -0.4 is 10.6 Å². The van der Waals surface area contributed by atoms with Crippen molar-refractivity contribution in [3.8, 4) is 0 Å². The highest BCUT2D eigenvalue weighted by molar-refractivity contribution is 6.00. The lowest BCUT2D eigenvalue weighted by Gasteiger charge is -2.20. The molecule has 5 N–H and O–H groups in total. The summed E-state index contributed by atoms with van der Waals surface area (Å²) < 4.78 is 0. The molecule has 0 aliphatic rings. The molecule has 9 nitrogen and oxygen atoms in total. The summed E-state index contributed by atoms with van der Waals surface area (Å²) in [5, 5.41) is 33.0. The molecular formula is C27H30N6O3. The zero-order chi connectivity index (χ0) is 25.2. The highest BCUT2D eigenvalue weighted by Gasteiger charge is 2.12. The lowest BCUT2D eigenvalue weighted by Crippen LogP contribution is -2.38. The number of nitrogens with one attached hydrogen (secondary N) is 3. The van der Waals surface area contributed by atoms with Gasteiger partial charge in [0.05, 0.1) is 41.4 Å². The summed E-state index contributed by atoms with van der Waals surface area (Å²) in [6.07, 6.45) is 5.60. The number of aromatic nitrogens is 3. The fourth-order valence-electron chi connectivity index (χ4n) is 3.87. The van der Waals surface area contributed by atoms with E-state index >= 15 is 0 Å². The van der Waals surface area contributed by atoms with Crippen LogP contribution in [0.2, 0.25) is 0 Å². The fraction of sp³-hybridized carbons (Fsp3) is 0.222. The molecule has 186 valence electrons. The minimum absolute atomic E-state index is 0.00336. The van der Waals surface area contributed by atoms with Gasteiger partial charge in [-0.3, -0.25) is 19.8 Å². The molecular weight excluding hydrogens is 456 g/mol. The third kappa shape index (κ3) is 6.54. The number of amides is 1. The average Bonchev–Trinajstić information content (AvgIpc) is 3.31. The minimum Gasteiger partial charge on any atom is -0.395 e. The monoisotopic (exact) mass is 486 g/mol. The Morgan fingerprint density at radius 3 is 2.56 bits per heavy atom. The average molecular weight is 487 g/mol. The zero-order valence-corrected chi connectivity index (χ0v) is 19.9. The van der Waals surface area contributed by atoms with Gasteiger partial charge in [0.25, 0.3) is 5.91 Å². The first kappa shape index (κ1) is 25.1. The summed E-state index contributed by atoms with van der Waals surface area (Å²) in [6.45, 7) is 1.85. The van der Waals surface area contributed by atoms with Crippen molar-refractivity contribution in [2.45, 2.75) is 0 Å². The second-order valence-corrected chi connectivity index (χ2v) is 8.17. The topological polar surface area (TPSA) is 126 Å². The van der Waals surface area contributed by atoms with Crippen molar-refractivity contribution in [3.63, 3.8) is 0 Å². The molecule has 0 saturated heterocycles. The lowest BCUT2D eigenvalue weighted by atomic mass is 10.1. The van der Waals surface area contributed by atoms with Crippen molar-refractivity contribution >= 4 is 40.3 Å². The Balaban J connectivity index is 1.43. The number of carbonyl (C=O) groups is 1. The maximum Gasteiger partial charge on any atom is 0.253 e. The molecule has 0 atom stereocenters. The number of hydrogen-bond acceptors (Lipinski definition) is 7. The number of carbonyl (C=O) groups excluding carboxylic acids is 1. The maximum atomic E-state index is 12.9. The molecule has 1 amide bonds. The SMILES string of the molecule is O=C(NCCN(CCO)CCO)c1ccccc1Nc1ccc2c(/C=C/c3ccccn3)n[nH]c2c1. The summed E-state index contributed by atoms with van der Waals surface area (Å²) in [5.74, 6) is -0.199. The fourth-order valence-corrected chi connectivity index (χ4v) is 3.87. The molecule has 0 aliphatic heterocycles. The zero-order valence-electron chi connectivity index (χ0n) is 19.9. The number of hydrogen-bond donors (Lipinski definition) is 5. The number of aliphatic hydroxyl groups excluding tert-OH is 2. The van der Waals surface area contributed by atoms with Crippen LogP contribution in [0.15, 0.2) is 66.9 Å². The van der Waals surface area contributed by atoms with Crippen LogP contribution in [-0.4, -0.2) is 75.6 Å². The Kier molecular flexibility index (Phi) is 8.77. The van der Waals surface area contributed by atoms with E-state index in [0.29, 0.717) is 37.4 Å². The van der Waals surface area contributed by atoms with Crippen LogP contribution >= 0.6 is 0 Å². The summed E-state index contributed by atoms with van der Waals surface area (Å²) in [5.41, 5.74) is 4.58. The molecule has 0 bridgehead atoms. The smallest absolute Gasteiger partial charge is 0.253 e. The van der Waals surface area contributed by atoms with Gasteiger partial charge < -0.3 is 20.8 Å². The third-order valence-corrected chi connectivity index (χ3v) is 5.69. The first-order chi connectivity index (χ1) is 17.7. The van der Waals surface area contributed by atoms with Gasteiger partial charge in [-0.05, 0) is 54.6 Å². The maximum absolute atomic E-state index is 12.9. The van der Waals surface area contributed by atoms with Gasteiger partial charge in [0, 0.05) is 43.4 Å². The lowest BCUT2D eigenvalue weighted by molar-refractivity contribution is 0.0945. The van der Waals surface area contributed by atoms with Gasteiger partial charge in [0.2, 0.25) is 0 Å². The van der Waals surface area contributed by atoms with Crippen LogP contribution in [0.4, 0.5) is 11.4 Å². The van der Waals surface area contributed by atoms with E-state index in [9.17, 15) is 4.79 Å². The minimum atomic E-state index is -0.199. The van der Waals surface area contributed by atoms with E-state index in [1.807, 2.05) is 71.6 Å². The quantitative estimate of drug-likeness (QED) is 0.208. The van der Waals surface area contributed by atoms with E-state index in [1.165, 1.54) is 0 Å². The Hall–Kier alpha value is -4.05. The van der Waals surface area contributed by atoms with Gasteiger partial charge in [-0.2, -0.15) is 5.10 Å². The van der Waals surface area contributed by atoms with Crippen LogP contribution in [0.5, 0.6) is 0 Å². The summed E-state index contributed by atoms with van der Waals surface area (Å²) in [4.78, 5) is 19.0. The van der Waals surface area contributed by atoms with E-state index in [-0.39, 0.29) is 19.1 Å². The number of aliphatic hydroxyl groups is 2. The molecule has 0 radical (unpaired) electrons. The molecule has 0 spiro atoms. The molecule has 4 rings (SSSR count). The number of para-hydroxylation sites is 1. The van der Waals surface area contributed by atoms with Gasteiger partial charge in [-0.15, -0.1) is 0 Å². The van der Waals surface area contributed by atoms with Crippen LogP contribution in [0.25, 0.3) is 23.1 Å². The van der Waals surface area contributed by atoms with E-state index < -0.39 is 0 Å². The second kappa shape index (κ2) is 12.6. The highest BCUT2D eigenvalue weighted by Crippen LogP contribution is 2.26. The van der Waals surface area contributed by atoms with Gasteiger partial charge in [-0.25, -0.2) is 0 Å². The van der Waals surface area contributed by atoms with Gasteiger partial charge in [0.15, 0.2) is 0 Å². The summed E-state index contributed by atoms with van der Waals surface area (Å²) in [6, 6.07) is 19.0. The van der Waals surface area contributed by atoms with Crippen molar-refractivity contribution in [1.29, 1.82) is 0 Å². The van der Waals surface area contributed by atoms with Crippen molar-refractivity contribution in [2.24, 2.45) is 0 Å². The number of aromatic amines is 1. The van der Waals surface area contributed by atoms with Crippen molar-refractivity contribution in [3.05, 3.63) is 83.8 Å². The van der Waals surface area contributed by atoms with Gasteiger partial charge in [0.1, 0.15) is 0 Å². The Labute approximate surface area is 209 Å². The molecule has 4 aromatic rings. The number of benzene rings is 2. The molecule has 0 unspecified atom stereocenters. The molecule has 0 saturated carbocycles. The van der Waals surface area contributed by atoms with E-state index in [2.05, 4.69) is 25.8 Å². The van der Waals surface area contributed by atoms with E-state index in [0.717, 1.165) is 28.0 Å². The summed E-state index contributed by atoms with van der Waals surface area (Å²) in [7, 11) is 0. The van der Waals surface area contributed by atoms with E-state index in [4.69, 9.17) is 10.2 Å².